The lowest BCUT2D eigenvalue weighted by Gasteiger charge is -1.99. The average Bonchev–Trinajstić information content (AvgIpc) is 2.74. The van der Waals surface area contributed by atoms with Crippen molar-refractivity contribution < 1.29 is 13.7 Å². The highest BCUT2D eigenvalue weighted by Crippen LogP contribution is 2.20. The topological polar surface area (TPSA) is 55.1 Å². The van der Waals surface area contributed by atoms with Crippen molar-refractivity contribution in [3.8, 4) is 0 Å². The Morgan fingerprint density at radius 3 is 2.95 bits per heavy atom. The molecular formula is C13H10ClFN2O2. The van der Waals surface area contributed by atoms with Gasteiger partial charge in [0.15, 0.2) is 5.82 Å². The van der Waals surface area contributed by atoms with Gasteiger partial charge in [0.25, 0.3) is 0 Å². The van der Waals surface area contributed by atoms with Gasteiger partial charge in [-0.3, -0.25) is 4.79 Å². The molecule has 2 rings (SSSR count). The van der Waals surface area contributed by atoms with Gasteiger partial charge in [-0.1, -0.05) is 22.8 Å². The molecule has 4 nitrogen and oxygen atoms in total. The van der Waals surface area contributed by atoms with E-state index in [0.29, 0.717) is 11.6 Å². The van der Waals surface area contributed by atoms with Gasteiger partial charge in [-0.15, -0.1) is 0 Å². The molecular weight excluding hydrogens is 271 g/mol. The molecule has 0 saturated heterocycles. The predicted octanol–water partition coefficient (Wildman–Crippen LogP) is 3.43. The van der Waals surface area contributed by atoms with E-state index in [1.54, 1.807) is 19.1 Å². The number of benzene rings is 1. The zero-order valence-electron chi connectivity index (χ0n) is 9.98. The summed E-state index contributed by atoms with van der Waals surface area (Å²) in [5, 5.41) is 6.32. The first-order valence-electron chi connectivity index (χ1n) is 5.42. The van der Waals surface area contributed by atoms with Crippen LogP contribution in [0.4, 0.5) is 10.2 Å². The fourth-order valence-electron chi connectivity index (χ4n) is 1.42. The van der Waals surface area contributed by atoms with Crippen molar-refractivity contribution in [1.82, 2.24) is 5.16 Å². The minimum atomic E-state index is -0.492. The van der Waals surface area contributed by atoms with Gasteiger partial charge in [-0.2, -0.15) is 0 Å². The maximum Gasteiger partial charge on any atom is 0.249 e. The molecule has 1 amide bonds. The Bertz CT molecular complexity index is 617. The second-order valence-corrected chi connectivity index (χ2v) is 4.19. The van der Waals surface area contributed by atoms with E-state index in [-0.39, 0.29) is 10.6 Å². The summed E-state index contributed by atoms with van der Waals surface area (Å²) in [7, 11) is 0. The minimum absolute atomic E-state index is 0.163. The predicted molar refractivity (Wildman–Crippen MR) is 70.3 cm³/mol. The molecule has 19 heavy (non-hydrogen) atoms. The molecule has 1 heterocycles. The first kappa shape index (κ1) is 13.3. The lowest BCUT2D eigenvalue weighted by molar-refractivity contribution is -0.111. The quantitative estimate of drug-likeness (QED) is 0.877. The monoisotopic (exact) mass is 280 g/mol. The minimum Gasteiger partial charge on any atom is -0.360 e. The number of anilines is 1. The molecule has 0 aliphatic heterocycles. The molecule has 1 aromatic heterocycles. The Labute approximate surface area is 113 Å². The van der Waals surface area contributed by atoms with E-state index >= 15 is 0 Å². The summed E-state index contributed by atoms with van der Waals surface area (Å²) in [6, 6.07) is 5.88. The summed E-state index contributed by atoms with van der Waals surface area (Å²) in [6.07, 6.45) is 2.48. The number of halogens is 2. The van der Waals surface area contributed by atoms with Crippen LogP contribution in [0.3, 0.4) is 0 Å². The molecule has 0 atom stereocenters. The normalized spacial score (nSPS) is 10.9. The van der Waals surface area contributed by atoms with Crippen molar-refractivity contribution in [2.24, 2.45) is 0 Å². The fraction of sp³-hybridized carbons (Fsp3) is 0.0769. The van der Waals surface area contributed by atoms with E-state index in [9.17, 15) is 9.18 Å². The lowest BCUT2D eigenvalue weighted by Crippen LogP contribution is -2.07. The van der Waals surface area contributed by atoms with E-state index in [2.05, 4.69) is 10.5 Å². The molecule has 6 heteroatoms. The van der Waals surface area contributed by atoms with Crippen LogP contribution in [0.25, 0.3) is 6.08 Å². The van der Waals surface area contributed by atoms with Crippen LogP contribution in [-0.4, -0.2) is 11.1 Å². The number of nitrogens with zero attached hydrogens (tertiary/aromatic N) is 1. The summed E-state index contributed by atoms with van der Waals surface area (Å²) in [5.41, 5.74) is 0.163. The molecule has 0 unspecified atom stereocenters. The molecule has 0 saturated carbocycles. The average molecular weight is 281 g/mol. The number of aromatic nitrogens is 1. The third kappa shape index (κ3) is 3.42. The molecule has 98 valence electrons. The van der Waals surface area contributed by atoms with Crippen molar-refractivity contribution in [2.45, 2.75) is 6.92 Å². The lowest BCUT2D eigenvalue weighted by atomic mass is 10.2. The van der Waals surface area contributed by atoms with Crippen molar-refractivity contribution in [3.63, 3.8) is 0 Å². The highest BCUT2D eigenvalue weighted by atomic mass is 35.5. The molecule has 0 radical (unpaired) electrons. The van der Waals surface area contributed by atoms with Gasteiger partial charge in [0.2, 0.25) is 5.91 Å². The van der Waals surface area contributed by atoms with E-state index < -0.39 is 11.7 Å². The Hall–Kier alpha value is -2.14. The SMILES string of the molecule is Cc1cc(NC(=O)C=Cc2c(F)cccc2Cl)no1. The van der Waals surface area contributed by atoms with Gasteiger partial charge in [0.1, 0.15) is 11.6 Å². The maximum absolute atomic E-state index is 13.4. The summed E-state index contributed by atoms with van der Waals surface area (Å²) in [6.45, 7) is 1.71. The van der Waals surface area contributed by atoms with E-state index in [1.807, 2.05) is 0 Å². The summed E-state index contributed by atoms with van der Waals surface area (Å²) >= 11 is 5.83. The highest BCUT2D eigenvalue weighted by molar-refractivity contribution is 6.32. The molecule has 0 aliphatic carbocycles. The van der Waals surface area contributed by atoms with Crippen molar-refractivity contribution >= 4 is 29.4 Å². The van der Waals surface area contributed by atoms with Crippen LogP contribution in [-0.2, 0) is 4.79 Å². The first-order valence-corrected chi connectivity index (χ1v) is 5.80. The van der Waals surface area contributed by atoms with Crippen LogP contribution < -0.4 is 5.32 Å². The fourth-order valence-corrected chi connectivity index (χ4v) is 1.65. The summed E-state index contributed by atoms with van der Waals surface area (Å²) in [5.74, 6) is -0.0651. The van der Waals surface area contributed by atoms with Crippen molar-refractivity contribution in [2.75, 3.05) is 5.32 Å². The van der Waals surface area contributed by atoms with Gasteiger partial charge >= 0.3 is 0 Å². The van der Waals surface area contributed by atoms with Crippen molar-refractivity contribution in [3.05, 3.63) is 52.5 Å². The molecule has 0 spiro atoms. The molecule has 1 N–H and O–H groups in total. The van der Waals surface area contributed by atoms with E-state index in [1.165, 1.54) is 24.3 Å². The number of hydrogen-bond acceptors (Lipinski definition) is 3. The third-order valence-corrected chi connectivity index (χ3v) is 2.61. The Morgan fingerprint density at radius 1 is 1.53 bits per heavy atom. The number of nitrogens with one attached hydrogen (secondary N) is 1. The van der Waals surface area contributed by atoms with Crippen LogP contribution >= 0.6 is 11.6 Å². The Balaban J connectivity index is 2.08. The van der Waals surface area contributed by atoms with Gasteiger partial charge in [-0.25, -0.2) is 4.39 Å². The van der Waals surface area contributed by atoms with Gasteiger partial charge in [0.05, 0.1) is 5.02 Å². The van der Waals surface area contributed by atoms with Crippen LogP contribution in [0.2, 0.25) is 5.02 Å². The molecule has 0 fully saturated rings. The van der Waals surface area contributed by atoms with Gasteiger partial charge in [-0.05, 0) is 25.1 Å². The number of carbonyl (C=O) groups is 1. The standard InChI is InChI=1S/C13H10ClFN2O2/c1-8-7-12(17-19-8)16-13(18)6-5-9-10(14)3-2-4-11(9)15/h2-7H,1H3,(H,16,17,18). The number of hydrogen-bond donors (Lipinski definition) is 1. The Morgan fingerprint density at radius 2 is 2.32 bits per heavy atom. The van der Waals surface area contributed by atoms with E-state index in [4.69, 9.17) is 16.1 Å². The van der Waals surface area contributed by atoms with Crippen LogP contribution in [0.5, 0.6) is 0 Å². The van der Waals surface area contributed by atoms with Gasteiger partial charge < -0.3 is 9.84 Å². The second kappa shape index (κ2) is 5.67. The molecule has 1 aromatic carbocycles. The zero-order chi connectivity index (χ0) is 13.8. The van der Waals surface area contributed by atoms with Crippen molar-refractivity contribution in [1.29, 1.82) is 0 Å². The van der Waals surface area contributed by atoms with Crippen LogP contribution in [0, 0.1) is 12.7 Å². The summed E-state index contributed by atoms with van der Waals surface area (Å²) < 4.78 is 18.2. The molecule has 0 bridgehead atoms. The number of carbonyl (C=O) groups excluding carboxylic acids is 1. The van der Waals surface area contributed by atoms with Gasteiger partial charge in [0, 0.05) is 17.7 Å². The first-order chi connectivity index (χ1) is 9.06. The van der Waals surface area contributed by atoms with Crippen LogP contribution in [0.1, 0.15) is 11.3 Å². The highest BCUT2D eigenvalue weighted by Gasteiger charge is 2.05. The summed E-state index contributed by atoms with van der Waals surface area (Å²) in [4.78, 5) is 11.6. The molecule has 2 aromatic rings. The second-order valence-electron chi connectivity index (χ2n) is 3.78. The zero-order valence-corrected chi connectivity index (χ0v) is 10.7. The number of aryl methyl sites for hydroxylation is 1. The number of rotatable bonds is 3. The smallest absolute Gasteiger partial charge is 0.249 e. The largest absolute Gasteiger partial charge is 0.360 e. The third-order valence-electron chi connectivity index (χ3n) is 2.28. The molecule has 0 aliphatic rings. The van der Waals surface area contributed by atoms with E-state index in [0.717, 1.165) is 0 Å². The maximum atomic E-state index is 13.4. The number of amides is 1. The Kier molecular flexibility index (Phi) is 3.97. The van der Waals surface area contributed by atoms with Crippen LogP contribution in [0.15, 0.2) is 34.9 Å².